The molecule has 0 aliphatic rings. The van der Waals surface area contributed by atoms with Crippen molar-refractivity contribution in [3.05, 3.63) is 57.8 Å². The van der Waals surface area contributed by atoms with Gasteiger partial charge in [-0.1, -0.05) is 43.7 Å². The van der Waals surface area contributed by atoms with Gasteiger partial charge in [0.1, 0.15) is 6.10 Å². The van der Waals surface area contributed by atoms with Gasteiger partial charge in [-0.15, -0.1) is 11.3 Å². The van der Waals surface area contributed by atoms with Crippen molar-refractivity contribution in [2.45, 2.75) is 32.3 Å². The van der Waals surface area contributed by atoms with Gasteiger partial charge >= 0.3 is 0 Å². The van der Waals surface area contributed by atoms with E-state index in [1.165, 1.54) is 18.4 Å². The summed E-state index contributed by atoms with van der Waals surface area (Å²) in [6, 6.07) is 12.3. The zero-order valence-electron chi connectivity index (χ0n) is 10.1. The molecule has 0 saturated heterocycles. The molecule has 1 aromatic heterocycles. The molecule has 1 nitrogen and oxygen atoms in total. The highest BCUT2D eigenvalue weighted by Gasteiger charge is 2.10. The normalized spacial score (nSPS) is 12.6. The Hall–Kier alpha value is -1.12. The highest BCUT2D eigenvalue weighted by atomic mass is 32.1. The average molecular weight is 246 g/mol. The summed E-state index contributed by atoms with van der Waals surface area (Å²) in [5.41, 5.74) is 2.33. The first-order valence-corrected chi connectivity index (χ1v) is 6.99. The molecule has 1 atom stereocenters. The predicted octanol–water partition coefficient (Wildman–Crippen LogP) is 4.17. The minimum atomic E-state index is -0.477. The Bertz CT molecular complexity index is 430. The maximum Gasteiger partial charge on any atom is 0.113 e. The third-order valence-electron chi connectivity index (χ3n) is 2.93. The maximum atomic E-state index is 10.2. The van der Waals surface area contributed by atoms with Crippen molar-refractivity contribution in [3.8, 4) is 0 Å². The van der Waals surface area contributed by atoms with Gasteiger partial charge in [0.15, 0.2) is 0 Å². The van der Waals surface area contributed by atoms with Crippen LogP contribution in [-0.2, 0) is 6.42 Å². The van der Waals surface area contributed by atoms with Crippen LogP contribution in [0.25, 0.3) is 0 Å². The molecule has 1 aromatic carbocycles. The van der Waals surface area contributed by atoms with Gasteiger partial charge < -0.3 is 5.11 Å². The van der Waals surface area contributed by atoms with Gasteiger partial charge in [0, 0.05) is 4.88 Å². The smallest absolute Gasteiger partial charge is 0.113 e. The summed E-state index contributed by atoms with van der Waals surface area (Å²) >= 11 is 1.59. The molecular weight excluding hydrogens is 228 g/mol. The highest BCUT2D eigenvalue weighted by Crippen LogP contribution is 2.25. The molecule has 0 aliphatic carbocycles. The van der Waals surface area contributed by atoms with Crippen molar-refractivity contribution in [2.24, 2.45) is 0 Å². The average Bonchev–Trinajstić information content (AvgIpc) is 2.90. The van der Waals surface area contributed by atoms with Crippen LogP contribution in [0.3, 0.4) is 0 Å². The first kappa shape index (κ1) is 12.3. The molecule has 0 fully saturated rings. The Kier molecular flexibility index (Phi) is 4.35. The molecule has 0 amide bonds. The number of aliphatic hydroxyl groups is 1. The van der Waals surface area contributed by atoms with Crippen molar-refractivity contribution in [1.29, 1.82) is 0 Å². The zero-order chi connectivity index (χ0) is 12.1. The molecule has 0 spiro atoms. The third-order valence-corrected chi connectivity index (χ3v) is 3.85. The fraction of sp³-hybridized carbons (Fsp3) is 0.333. The van der Waals surface area contributed by atoms with E-state index in [9.17, 15) is 5.11 Å². The molecule has 0 aliphatic heterocycles. The van der Waals surface area contributed by atoms with Crippen LogP contribution in [0.5, 0.6) is 0 Å². The lowest BCUT2D eigenvalue weighted by Gasteiger charge is -2.09. The van der Waals surface area contributed by atoms with Crippen LogP contribution in [0.1, 0.15) is 41.9 Å². The second-order valence-corrected chi connectivity index (χ2v) is 5.24. The molecule has 0 radical (unpaired) electrons. The first-order chi connectivity index (χ1) is 8.31. The van der Waals surface area contributed by atoms with E-state index in [-0.39, 0.29) is 0 Å². The largest absolute Gasteiger partial charge is 0.383 e. The Morgan fingerprint density at radius 1 is 1.18 bits per heavy atom. The number of unbranched alkanes of at least 4 members (excludes halogenated alkanes) is 1. The van der Waals surface area contributed by atoms with Crippen molar-refractivity contribution in [2.75, 3.05) is 0 Å². The van der Waals surface area contributed by atoms with Crippen molar-refractivity contribution in [1.82, 2.24) is 0 Å². The van der Waals surface area contributed by atoms with Crippen molar-refractivity contribution >= 4 is 11.3 Å². The van der Waals surface area contributed by atoms with E-state index >= 15 is 0 Å². The maximum absolute atomic E-state index is 10.2. The van der Waals surface area contributed by atoms with E-state index in [1.54, 1.807) is 11.3 Å². The molecule has 0 saturated carbocycles. The quantitative estimate of drug-likeness (QED) is 0.839. The first-order valence-electron chi connectivity index (χ1n) is 6.11. The summed E-state index contributed by atoms with van der Waals surface area (Å²) in [6.45, 7) is 2.20. The van der Waals surface area contributed by atoms with Gasteiger partial charge in [0.2, 0.25) is 0 Å². The summed E-state index contributed by atoms with van der Waals surface area (Å²) in [5.74, 6) is 0. The molecule has 0 bridgehead atoms. The van der Waals surface area contributed by atoms with E-state index in [0.717, 1.165) is 16.9 Å². The number of aliphatic hydroxyl groups excluding tert-OH is 1. The molecule has 2 aromatic rings. The monoisotopic (exact) mass is 246 g/mol. The number of benzene rings is 1. The van der Waals surface area contributed by atoms with Crippen LogP contribution >= 0.6 is 11.3 Å². The van der Waals surface area contributed by atoms with Gasteiger partial charge in [-0.25, -0.2) is 0 Å². The Morgan fingerprint density at radius 3 is 2.53 bits per heavy atom. The molecule has 1 N–H and O–H groups in total. The van der Waals surface area contributed by atoms with E-state index < -0.39 is 6.10 Å². The topological polar surface area (TPSA) is 20.2 Å². The van der Waals surface area contributed by atoms with Gasteiger partial charge in [-0.3, -0.25) is 0 Å². The van der Waals surface area contributed by atoms with E-state index in [0.29, 0.717) is 0 Å². The Labute approximate surface area is 107 Å². The molecule has 1 unspecified atom stereocenters. The fourth-order valence-electron chi connectivity index (χ4n) is 1.86. The standard InChI is InChI=1S/C15H18OS/c1-2-3-5-12-7-9-13(10-8-12)15(16)14-6-4-11-17-14/h4,6-11,15-16H,2-3,5H2,1H3. The van der Waals surface area contributed by atoms with Gasteiger partial charge in [-0.05, 0) is 35.4 Å². The fourth-order valence-corrected chi connectivity index (χ4v) is 2.60. The summed E-state index contributed by atoms with van der Waals surface area (Å²) in [6.07, 6.45) is 3.10. The Balaban J connectivity index is 2.07. The number of aryl methyl sites for hydroxylation is 1. The van der Waals surface area contributed by atoms with Crippen LogP contribution in [0.2, 0.25) is 0 Å². The summed E-state index contributed by atoms with van der Waals surface area (Å²) < 4.78 is 0. The lowest BCUT2D eigenvalue weighted by molar-refractivity contribution is 0.224. The van der Waals surface area contributed by atoms with Crippen molar-refractivity contribution < 1.29 is 5.11 Å². The SMILES string of the molecule is CCCCc1ccc(C(O)c2cccs2)cc1. The van der Waals surface area contributed by atoms with Crippen LogP contribution in [0.4, 0.5) is 0 Å². The minimum Gasteiger partial charge on any atom is -0.383 e. The molecule has 2 rings (SSSR count). The summed E-state index contributed by atoms with van der Waals surface area (Å²) in [5, 5.41) is 12.2. The van der Waals surface area contributed by atoms with Crippen molar-refractivity contribution in [3.63, 3.8) is 0 Å². The summed E-state index contributed by atoms with van der Waals surface area (Å²) in [7, 11) is 0. The Morgan fingerprint density at radius 2 is 1.94 bits per heavy atom. The van der Waals surface area contributed by atoms with E-state index in [1.807, 2.05) is 29.6 Å². The molecule has 90 valence electrons. The second kappa shape index (κ2) is 5.99. The number of hydrogen-bond donors (Lipinski definition) is 1. The predicted molar refractivity (Wildman–Crippen MR) is 73.4 cm³/mol. The lowest BCUT2D eigenvalue weighted by atomic mass is 10.0. The molecular formula is C15H18OS. The number of hydrogen-bond acceptors (Lipinski definition) is 2. The van der Waals surface area contributed by atoms with Crippen LogP contribution < -0.4 is 0 Å². The van der Waals surface area contributed by atoms with Crippen LogP contribution in [-0.4, -0.2) is 5.11 Å². The second-order valence-electron chi connectivity index (χ2n) is 4.26. The number of rotatable bonds is 5. The van der Waals surface area contributed by atoms with Gasteiger partial charge in [0.25, 0.3) is 0 Å². The van der Waals surface area contributed by atoms with Gasteiger partial charge in [0.05, 0.1) is 0 Å². The highest BCUT2D eigenvalue weighted by molar-refractivity contribution is 7.10. The van der Waals surface area contributed by atoms with E-state index in [2.05, 4.69) is 19.1 Å². The number of thiophene rings is 1. The lowest BCUT2D eigenvalue weighted by Crippen LogP contribution is -1.97. The molecule has 1 heterocycles. The van der Waals surface area contributed by atoms with Crippen LogP contribution in [0.15, 0.2) is 41.8 Å². The van der Waals surface area contributed by atoms with Crippen LogP contribution in [0, 0.1) is 0 Å². The minimum absolute atomic E-state index is 0.477. The molecule has 17 heavy (non-hydrogen) atoms. The third kappa shape index (κ3) is 3.18. The summed E-state index contributed by atoms with van der Waals surface area (Å²) in [4.78, 5) is 1.01. The van der Waals surface area contributed by atoms with E-state index in [4.69, 9.17) is 0 Å². The van der Waals surface area contributed by atoms with Gasteiger partial charge in [-0.2, -0.15) is 0 Å². The molecule has 2 heteroatoms. The zero-order valence-corrected chi connectivity index (χ0v) is 10.9.